The van der Waals surface area contributed by atoms with Gasteiger partial charge in [-0.05, 0) is 74.7 Å². The smallest absolute Gasteiger partial charge is 0.294 e. The number of ether oxygens (including phenoxy) is 1. The van der Waals surface area contributed by atoms with Gasteiger partial charge in [0.2, 0.25) is 11.7 Å². The summed E-state index contributed by atoms with van der Waals surface area (Å²) in [5.74, 6) is 0.492. The SMILES string of the molecule is CCc1cccc(CC)c1NC(=O)c1onc2c1CCc1cnc(Nc3ccc(C(=O)NCCN(C)C)cc3OC)nc1-2. The molecule has 0 saturated heterocycles. The van der Waals surface area contributed by atoms with Crippen molar-refractivity contribution in [3.8, 4) is 17.1 Å². The fraction of sp³-hybridized carbons (Fsp3) is 0.344. The first-order valence-corrected chi connectivity index (χ1v) is 14.5. The summed E-state index contributed by atoms with van der Waals surface area (Å²) in [6.45, 7) is 5.41. The molecule has 0 radical (unpaired) electrons. The monoisotopic (exact) mass is 583 g/mol. The van der Waals surface area contributed by atoms with Gasteiger partial charge in [0.25, 0.3) is 11.8 Å². The number of anilines is 3. The van der Waals surface area contributed by atoms with Crippen LogP contribution >= 0.6 is 0 Å². The van der Waals surface area contributed by atoms with Crippen LogP contribution in [0.15, 0.2) is 47.1 Å². The fourth-order valence-electron chi connectivity index (χ4n) is 5.14. The number of carbonyl (C=O) groups excluding carboxylic acids is 2. The maximum absolute atomic E-state index is 13.4. The molecule has 224 valence electrons. The van der Waals surface area contributed by atoms with Crippen molar-refractivity contribution in [2.75, 3.05) is 44.9 Å². The molecule has 2 aromatic heterocycles. The zero-order chi connectivity index (χ0) is 30.5. The molecule has 0 atom stereocenters. The predicted octanol–water partition coefficient (Wildman–Crippen LogP) is 4.65. The lowest BCUT2D eigenvalue weighted by Gasteiger charge is -2.17. The van der Waals surface area contributed by atoms with Crippen LogP contribution in [0, 0.1) is 0 Å². The third-order valence-electron chi connectivity index (χ3n) is 7.52. The number of hydrogen-bond donors (Lipinski definition) is 3. The number of likely N-dealkylation sites (N-methyl/N-ethyl adjacent to an activating group) is 1. The lowest BCUT2D eigenvalue weighted by Crippen LogP contribution is -2.31. The van der Waals surface area contributed by atoms with Gasteiger partial charge < -0.3 is 30.1 Å². The van der Waals surface area contributed by atoms with Crippen LogP contribution in [-0.2, 0) is 25.7 Å². The molecule has 3 N–H and O–H groups in total. The van der Waals surface area contributed by atoms with Crippen LogP contribution in [0.2, 0.25) is 0 Å². The highest BCUT2D eigenvalue weighted by atomic mass is 16.5. The maximum atomic E-state index is 13.4. The van der Waals surface area contributed by atoms with E-state index in [4.69, 9.17) is 14.2 Å². The first kappa shape index (κ1) is 29.7. The molecule has 5 rings (SSSR count). The van der Waals surface area contributed by atoms with Gasteiger partial charge in [-0.25, -0.2) is 9.97 Å². The summed E-state index contributed by atoms with van der Waals surface area (Å²) in [7, 11) is 5.44. The second-order valence-electron chi connectivity index (χ2n) is 10.6. The molecule has 2 amide bonds. The van der Waals surface area contributed by atoms with Gasteiger partial charge >= 0.3 is 0 Å². The van der Waals surface area contributed by atoms with Gasteiger partial charge in [-0.3, -0.25) is 9.59 Å². The zero-order valence-corrected chi connectivity index (χ0v) is 25.2. The fourth-order valence-corrected chi connectivity index (χ4v) is 5.14. The van der Waals surface area contributed by atoms with E-state index in [2.05, 4.69) is 39.9 Å². The minimum absolute atomic E-state index is 0.181. The predicted molar refractivity (Wildman–Crippen MR) is 165 cm³/mol. The molecule has 0 unspecified atom stereocenters. The topological polar surface area (TPSA) is 135 Å². The highest BCUT2D eigenvalue weighted by Crippen LogP contribution is 2.35. The summed E-state index contributed by atoms with van der Waals surface area (Å²) in [5, 5.41) is 13.4. The molecule has 0 fully saturated rings. The van der Waals surface area contributed by atoms with Crippen molar-refractivity contribution in [2.24, 2.45) is 0 Å². The first-order chi connectivity index (χ1) is 20.8. The van der Waals surface area contributed by atoms with Crippen molar-refractivity contribution in [2.45, 2.75) is 39.5 Å². The number of hydrogen-bond acceptors (Lipinski definition) is 9. The van der Waals surface area contributed by atoms with Crippen molar-refractivity contribution in [1.29, 1.82) is 0 Å². The number of carbonyl (C=O) groups is 2. The molecule has 2 aromatic carbocycles. The summed E-state index contributed by atoms with van der Waals surface area (Å²) in [6.07, 6.45) is 4.60. The summed E-state index contributed by atoms with van der Waals surface area (Å²) in [4.78, 5) is 37.2. The molecule has 11 heteroatoms. The lowest BCUT2D eigenvalue weighted by molar-refractivity contribution is 0.0949. The molecule has 0 saturated carbocycles. The van der Waals surface area contributed by atoms with E-state index in [-0.39, 0.29) is 17.6 Å². The summed E-state index contributed by atoms with van der Waals surface area (Å²) >= 11 is 0. The molecule has 1 aliphatic carbocycles. The number of para-hydroxylation sites is 1. The minimum Gasteiger partial charge on any atom is -0.495 e. The van der Waals surface area contributed by atoms with Crippen molar-refractivity contribution >= 4 is 29.1 Å². The van der Waals surface area contributed by atoms with Crippen LogP contribution in [0.25, 0.3) is 11.4 Å². The Balaban J connectivity index is 1.36. The Morgan fingerprint density at radius 3 is 2.49 bits per heavy atom. The number of benzene rings is 2. The van der Waals surface area contributed by atoms with Gasteiger partial charge in [-0.2, -0.15) is 0 Å². The van der Waals surface area contributed by atoms with E-state index in [1.165, 1.54) is 0 Å². The highest BCUT2D eigenvalue weighted by Gasteiger charge is 2.30. The Bertz CT molecular complexity index is 1620. The highest BCUT2D eigenvalue weighted by molar-refractivity contribution is 6.05. The number of methoxy groups -OCH3 is 1. The second kappa shape index (κ2) is 13.0. The molecular formula is C32H37N7O4. The summed E-state index contributed by atoms with van der Waals surface area (Å²) in [5.41, 5.74) is 6.85. The number of rotatable bonds is 11. The van der Waals surface area contributed by atoms with Gasteiger partial charge in [0.15, 0.2) is 0 Å². The van der Waals surface area contributed by atoms with Crippen molar-refractivity contribution in [1.82, 2.24) is 25.3 Å². The molecule has 11 nitrogen and oxygen atoms in total. The number of nitrogens with zero attached hydrogens (tertiary/aromatic N) is 4. The Labute approximate surface area is 251 Å². The molecular weight excluding hydrogens is 546 g/mol. The Hall–Kier alpha value is -4.77. The third-order valence-corrected chi connectivity index (χ3v) is 7.52. The first-order valence-electron chi connectivity index (χ1n) is 14.5. The Kier molecular flexibility index (Phi) is 9.01. The number of nitrogens with one attached hydrogen (secondary N) is 3. The van der Waals surface area contributed by atoms with E-state index in [1.54, 1.807) is 31.5 Å². The Morgan fingerprint density at radius 2 is 1.79 bits per heavy atom. The van der Waals surface area contributed by atoms with E-state index >= 15 is 0 Å². The lowest BCUT2D eigenvalue weighted by atomic mass is 9.93. The Morgan fingerprint density at radius 1 is 1.02 bits per heavy atom. The van der Waals surface area contributed by atoms with E-state index < -0.39 is 0 Å². The number of aromatic nitrogens is 3. The quantitative estimate of drug-likeness (QED) is 0.231. The van der Waals surface area contributed by atoms with Crippen LogP contribution < -0.4 is 20.7 Å². The second-order valence-corrected chi connectivity index (χ2v) is 10.6. The number of aryl methyl sites for hydroxylation is 3. The van der Waals surface area contributed by atoms with E-state index in [9.17, 15) is 9.59 Å². The van der Waals surface area contributed by atoms with Crippen LogP contribution in [0.4, 0.5) is 17.3 Å². The van der Waals surface area contributed by atoms with Gasteiger partial charge in [-0.15, -0.1) is 0 Å². The molecule has 0 spiro atoms. The third kappa shape index (κ3) is 6.36. The minimum atomic E-state index is -0.323. The molecule has 0 bridgehead atoms. The normalized spacial score (nSPS) is 12.0. The van der Waals surface area contributed by atoms with E-state index in [0.717, 1.165) is 47.3 Å². The van der Waals surface area contributed by atoms with E-state index in [1.807, 2.05) is 37.2 Å². The molecule has 43 heavy (non-hydrogen) atoms. The molecule has 0 aliphatic heterocycles. The standard InChI is InChI=1S/C32H37N7O4/c1-6-19-9-8-10-20(7-2)26(19)36-31(41)29-23-13-11-22-18-34-32(37-27(22)28(23)38-43-29)35-24-14-12-21(17-25(24)42-5)30(40)33-15-16-39(3)4/h8-10,12,14,17-18H,6-7,11,13,15-16H2,1-5H3,(H,33,40)(H,36,41)(H,34,35,37). The van der Waals surface area contributed by atoms with Crippen LogP contribution in [-0.4, -0.2) is 66.1 Å². The van der Waals surface area contributed by atoms with Gasteiger partial charge in [-0.1, -0.05) is 37.2 Å². The van der Waals surface area contributed by atoms with Gasteiger partial charge in [0.1, 0.15) is 17.1 Å². The number of amides is 2. The summed E-state index contributed by atoms with van der Waals surface area (Å²) in [6, 6.07) is 11.2. The average molecular weight is 584 g/mol. The van der Waals surface area contributed by atoms with Crippen molar-refractivity contribution in [3.63, 3.8) is 0 Å². The zero-order valence-electron chi connectivity index (χ0n) is 25.2. The van der Waals surface area contributed by atoms with Crippen molar-refractivity contribution < 1.29 is 18.8 Å². The molecule has 4 aromatic rings. The van der Waals surface area contributed by atoms with Crippen LogP contribution in [0.5, 0.6) is 5.75 Å². The molecule has 2 heterocycles. The number of fused-ring (bicyclic) bond motifs is 3. The summed E-state index contributed by atoms with van der Waals surface area (Å²) < 4.78 is 11.2. The average Bonchev–Trinajstić information content (AvgIpc) is 3.46. The van der Waals surface area contributed by atoms with Crippen molar-refractivity contribution in [3.05, 3.63) is 76.2 Å². The molecule has 1 aliphatic rings. The van der Waals surface area contributed by atoms with Crippen LogP contribution in [0.1, 0.15) is 57.0 Å². The van der Waals surface area contributed by atoms with Gasteiger partial charge in [0, 0.05) is 36.1 Å². The van der Waals surface area contributed by atoms with Crippen LogP contribution in [0.3, 0.4) is 0 Å². The largest absolute Gasteiger partial charge is 0.495 e. The van der Waals surface area contributed by atoms with E-state index in [0.29, 0.717) is 53.7 Å². The maximum Gasteiger partial charge on any atom is 0.294 e. The van der Waals surface area contributed by atoms with Gasteiger partial charge in [0.05, 0.1) is 12.8 Å².